The van der Waals surface area contributed by atoms with E-state index in [2.05, 4.69) is 10.1 Å². The van der Waals surface area contributed by atoms with E-state index < -0.39 is 18.3 Å². The number of piperidine rings is 1. The third kappa shape index (κ3) is 7.72. The van der Waals surface area contributed by atoms with E-state index >= 15 is 0 Å². The van der Waals surface area contributed by atoms with Gasteiger partial charge in [-0.25, -0.2) is 14.0 Å². The van der Waals surface area contributed by atoms with E-state index in [-0.39, 0.29) is 35.9 Å². The first-order chi connectivity index (χ1) is 17.7. The number of amides is 3. The molecule has 2 atom stereocenters. The zero-order valence-electron chi connectivity index (χ0n) is 19.9. The van der Waals surface area contributed by atoms with Gasteiger partial charge in [-0.2, -0.15) is 0 Å². The average molecular weight is 525 g/mol. The molecule has 0 bridgehead atoms. The minimum Gasteiger partial charge on any atom is -0.449 e. The molecule has 1 N–H and O–H groups in total. The summed E-state index contributed by atoms with van der Waals surface area (Å²) < 4.78 is 65.6. The topological polar surface area (TPSA) is 80.3 Å². The van der Waals surface area contributed by atoms with Gasteiger partial charge in [0.1, 0.15) is 11.6 Å². The number of likely N-dealkylation sites (tertiary alicyclic amines) is 1. The lowest BCUT2D eigenvalue weighted by atomic mass is 9.85. The summed E-state index contributed by atoms with van der Waals surface area (Å²) in [4.78, 5) is 28.8. The van der Waals surface area contributed by atoms with Gasteiger partial charge < -0.3 is 24.0 Å². The van der Waals surface area contributed by atoms with Crippen molar-refractivity contribution in [2.24, 2.45) is 5.92 Å². The Labute approximate surface area is 211 Å². The molecule has 2 aliphatic rings. The van der Waals surface area contributed by atoms with Gasteiger partial charge in [0.05, 0.1) is 19.8 Å². The number of carbonyl (C=O) groups excluding carboxylic acids is 2. The van der Waals surface area contributed by atoms with Crippen LogP contribution in [0.4, 0.5) is 32.8 Å². The Morgan fingerprint density at radius 1 is 1.03 bits per heavy atom. The first kappa shape index (κ1) is 26.5. The van der Waals surface area contributed by atoms with Crippen molar-refractivity contribution >= 4 is 17.8 Å². The molecule has 2 heterocycles. The van der Waals surface area contributed by atoms with Crippen LogP contribution < -0.4 is 10.1 Å². The van der Waals surface area contributed by atoms with Crippen LogP contribution in [0.3, 0.4) is 0 Å². The molecule has 0 aliphatic carbocycles. The molecule has 3 amide bonds. The number of hydrogen-bond acceptors (Lipinski definition) is 5. The highest BCUT2D eigenvalue weighted by Gasteiger charge is 2.35. The summed E-state index contributed by atoms with van der Waals surface area (Å²) in [5, 5.41) is 2.47. The largest absolute Gasteiger partial charge is 0.573 e. The highest BCUT2D eigenvalue weighted by molar-refractivity contribution is 5.84. The zero-order valence-corrected chi connectivity index (χ0v) is 19.9. The molecule has 200 valence electrons. The van der Waals surface area contributed by atoms with Crippen LogP contribution in [0.15, 0.2) is 48.5 Å². The number of carbonyl (C=O) groups is 2. The second kappa shape index (κ2) is 11.7. The van der Waals surface area contributed by atoms with Crippen molar-refractivity contribution in [1.29, 1.82) is 0 Å². The monoisotopic (exact) mass is 525 g/mol. The molecule has 12 heteroatoms. The molecular formula is C25H27F4N3O5. The fourth-order valence-electron chi connectivity index (χ4n) is 4.53. The van der Waals surface area contributed by atoms with Gasteiger partial charge in [0.15, 0.2) is 0 Å². The van der Waals surface area contributed by atoms with Crippen LogP contribution in [0.1, 0.15) is 17.9 Å². The predicted octanol–water partition coefficient (Wildman–Crippen LogP) is 4.83. The molecule has 0 aromatic heterocycles. The summed E-state index contributed by atoms with van der Waals surface area (Å²) >= 11 is 0. The Bertz CT molecular complexity index is 1080. The fourth-order valence-corrected chi connectivity index (χ4v) is 4.53. The second-order valence-electron chi connectivity index (χ2n) is 8.94. The minimum absolute atomic E-state index is 0.000190. The van der Waals surface area contributed by atoms with Crippen molar-refractivity contribution in [2.75, 3.05) is 51.3 Å². The molecule has 2 fully saturated rings. The lowest BCUT2D eigenvalue weighted by Crippen LogP contribution is -2.52. The highest BCUT2D eigenvalue weighted by Crippen LogP contribution is 2.33. The number of hydrogen-bond donors (Lipinski definition) is 1. The van der Waals surface area contributed by atoms with Gasteiger partial charge in [0.25, 0.3) is 0 Å². The number of halogens is 4. The van der Waals surface area contributed by atoms with Gasteiger partial charge >= 0.3 is 18.5 Å². The van der Waals surface area contributed by atoms with Gasteiger partial charge in [-0.3, -0.25) is 5.32 Å². The zero-order chi connectivity index (χ0) is 26.4. The predicted molar refractivity (Wildman–Crippen MR) is 125 cm³/mol. The Balaban J connectivity index is 1.43. The first-order valence-corrected chi connectivity index (χ1v) is 11.8. The van der Waals surface area contributed by atoms with Crippen LogP contribution in [-0.2, 0) is 9.47 Å². The smallest absolute Gasteiger partial charge is 0.449 e. The number of nitrogens with one attached hydrogen (secondary N) is 1. The molecule has 37 heavy (non-hydrogen) atoms. The van der Waals surface area contributed by atoms with E-state index in [4.69, 9.17) is 9.47 Å². The van der Waals surface area contributed by atoms with Crippen LogP contribution in [0.2, 0.25) is 0 Å². The Hall–Kier alpha value is -3.54. The van der Waals surface area contributed by atoms with Crippen LogP contribution in [-0.4, -0.2) is 74.3 Å². The molecule has 2 aliphatic heterocycles. The summed E-state index contributed by atoms with van der Waals surface area (Å²) in [6.45, 7) is 2.50. The summed E-state index contributed by atoms with van der Waals surface area (Å²) in [7, 11) is 0. The fraction of sp³-hybridized carbons (Fsp3) is 0.440. The Kier molecular flexibility index (Phi) is 8.37. The quantitative estimate of drug-likeness (QED) is 0.566. The van der Waals surface area contributed by atoms with Crippen LogP contribution in [0.25, 0.3) is 0 Å². The van der Waals surface area contributed by atoms with Crippen LogP contribution in [0.5, 0.6) is 5.75 Å². The summed E-state index contributed by atoms with van der Waals surface area (Å²) in [5.74, 6) is -1.26. The SMILES string of the molecule is O=C(Nc1cccc(F)c1)OCC1CC(c2ccc(OC(F)(F)F)cc2)CN(C(=O)N2CCOCC2)C1. The maximum absolute atomic E-state index is 13.4. The lowest BCUT2D eigenvalue weighted by molar-refractivity contribution is -0.274. The Morgan fingerprint density at radius 3 is 2.43 bits per heavy atom. The maximum Gasteiger partial charge on any atom is 0.573 e. The third-order valence-electron chi connectivity index (χ3n) is 6.20. The number of urea groups is 1. The van der Waals surface area contributed by atoms with Gasteiger partial charge in [0.2, 0.25) is 0 Å². The molecule has 2 aromatic rings. The van der Waals surface area contributed by atoms with E-state index in [0.717, 1.165) is 11.6 Å². The van der Waals surface area contributed by atoms with Gasteiger partial charge in [-0.1, -0.05) is 18.2 Å². The standard InChI is InChI=1S/C25H27F4N3O5/c26-20-2-1-3-21(13-20)30-23(33)36-16-17-12-19(18-4-6-22(7-5-18)37-25(27,28)29)15-32(14-17)24(34)31-8-10-35-11-9-31/h1-7,13,17,19H,8-12,14-16H2,(H,30,33). The summed E-state index contributed by atoms with van der Waals surface area (Å²) in [5.41, 5.74) is 0.986. The van der Waals surface area contributed by atoms with Crippen LogP contribution in [0, 0.1) is 11.7 Å². The first-order valence-electron chi connectivity index (χ1n) is 11.8. The van der Waals surface area contributed by atoms with E-state index in [0.29, 0.717) is 45.8 Å². The highest BCUT2D eigenvalue weighted by atomic mass is 19.4. The van der Waals surface area contributed by atoms with Gasteiger partial charge in [-0.05, 0) is 42.3 Å². The number of alkyl halides is 3. The van der Waals surface area contributed by atoms with Crippen molar-refractivity contribution in [3.63, 3.8) is 0 Å². The molecule has 4 rings (SSSR count). The van der Waals surface area contributed by atoms with Gasteiger partial charge in [-0.15, -0.1) is 13.2 Å². The van der Waals surface area contributed by atoms with Crippen molar-refractivity contribution < 1.29 is 41.4 Å². The van der Waals surface area contributed by atoms with Crippen LogP contribution >= 0.6 is 0 Å². The molecule has 2 aromatic carbocycles. The van der Waals surface area contributed by atoms with E-state index in [1.165, 1.54) is 30.3 Å². The van der Waals surface area contributed by atoms with Gasteiger partial charge in [0, 0.05) is 43.7 Å². The molecule has 0 saturated carbocycles. The van der Waals surface area contributed by atoms with Crippen molar-refractivity contribution in [1.82, 2.24) is 9.80 Å². The minimum atomic E-state index is -4.79. The van der Waals surface area contributed by atoms with Crippen molar-refractivity contribution in [2.45, 2.75) is 18.7 Å². The summed E-state index contributed by atoms with van der Waals surface area (Å²) in [6.07, 6.45) is -5.01. The van der Waals surface area contributed by atoms with Crippen molar-refractivity contribution in [3.8, 4) is 5.75 Å². The molecular weight excluding hydrogens is 498 g/mol. The van der Waals surface area contributed by atoms with Crippen molar-refractivity contribution in [3.05, 3.63) is 59.9 Å². The molecule has 2 unspecified atom stereocenters. The number of anilines is 1. The lowest BCUT2D eigenvalue weighted by Gasteiger charge is -2.41. The number of ether oxygens (including phenoxy) is 3. The normalized spacial score (nSPS) is 20.3. The second-order valence-corrected chi connectivity index (χ2v) is 8.94. The molecule has 8 nitrogen and oxygen atoms in total. The van der Waals surface area contributed by atoms with E-state index in [1.54, 1.807) is 21.9 Å². The summed E-state index contributed by atoms with van der Waals surface area (Å²) in [6, 6.07) is 10.8. The maximum atomic E-state index is 13.4. The molecule has 2 saturated heterocycles. The molecule has 0 spiro atoms. The number of morpholine rings is 1. The Morgan fingerprint density at radius 2 is 1.76 bits per heavy atom. The number of rotatable bonds is 5. The number of nitrogens with zero attached hydrogens (tertiary/aromatic N) is 2. The average Bonchev–Trinajstić information content (AvgIpc) is 2.87. The van der Waals surface area contributed by atoms with E-state index in [1.807, 2.05) is 0 Å². The molecule has 0 radical (unpaired) electrons. The van der Waals surface area contributed by atoms with E-state index in [9.17, 15) is 27.2 Å². The number of benzene rings is 2. The third-order valence-corrected chi connectivity index (χ3v) is 6.20.